The molecule has 572 valence electrons. The van der Waals surface area contributed by atoms with Crippen LogP contribution in [0.2, 0.25) is 20.1 Å². The minimum absolute atomic E-state index is 0.152. The van der Waals surface area contributed by atoms with Crippen LogP contribution >= 0.6 is 91.8 Å². The summed E-state index contributed by atoms with van der Waals surface area (Å²) in [4.78, 5) is 34.1. The van der Waals surface area contributed by atoms with Crippen LogP contribution in [0.15, 0.2) is 46.6 Å². The number of Topliss-reactive ketones (excluding diaryl/α,β-unsaturated/α-hetero) is 2. The van der Waals surface area contributed by atoms with Gasteiger partial charge in [0.05, 0.1) is 76.9 Å². The van der Waals surface area contributed by atoms with Crippen LogP contribution in [-0.2, 0) is 32.5 Å². The second-order valence-corrected chi connectivity index (χ2v) is 36.4. The molecule has 11 nitrogen and oxygen atoms in total. The van der Waals surface area contributed by atoms with Crippen molar-refractivity contribution >= 4 is 199 Å². The van der Waals surface area contributed by atoms with Gasteiger partial charge in [-0.05, 0) is 121 Å². The summed E-state index contributed by atoms with van der Waals surface area (Å²) in [5.74, 6) is 0.452. The van der Waals surface area contributed by atoms with Crippen molar-refractivity contribution in [1.29, 1.82) is 21.0 Å². The van der Waals surface area contributed by atoms with Crippen LogP contribution in [0.1, 0.15) is 301 Å². The zero-order chi connectivity index (χ0) is 77.2. The highest BCUT2D eigenvalue weighted by Gasteiger charge is 2.39. The summed E-state index contributed by atoms with van der Waals surface area (Å²) in [6, 6.07) is 15.0. The number of fused-ring (bicyclic) bond motifs is 16. The highest BCUT2D eigenvalue weighted by molar-refractivity contribution is 7.34. The van der Waals surface area contributed by atoms with Gasteiger partial charge in [0.25, 0.3) is 0 Å². The number of hydrogen-bond acceptors (Lipinski definition) is 12. The average molecular weight is 1610 g/mol. The lowest BCUT2D eigenvalue weighted by Crippen LogP contribution is -2.13. The SMILES string of the molecule is CCCCCCCCCCCc1c(/C=C2\C(=O)c3cc(Cl)c(Cl)cc3C2=C(C#N)C#N)sc2c1sc1c3c4nn(CC(CC)CCCC)nc4c4c5sc6c(CCCCCCCCCCC)c(/C=C7\C(=O)c8cc(Cl)c(Cl)cc8C7=C(C#N)C#N)sc6c5n(CC(CC)CCCC)c4c3n(CC(CC)CCCC)c21. The second-order valence-electron chi connectivity index (χ2n) is 30.6. The minimum atomic E-state index is -0.294. The third kappa shape index (κ3) is 16.6. The number of rotatable bonds is 40. The quantitative estimate of drug-likeness (QED) is 0.0208. The number of ketones is 2. The molecule has 0 N–H and O–H groups in total. The van der Waals surface area contributed by atoms with E-state index in [0.717, 1.165) is 182 Å². The van der Waals surface area contributed by atoms with Gasteiger partial charge in [0.2, 0.25) is 0 Å². The Morgan fingerprint density at radius 3 is 1.06 bits per heavy atom. The Balaban J connectivity index is 1.19. The van der Waals surface area contributed by atoms with Crippen LogP contribution in [0.3, 0.4) is 0 Å². The number of allylic oxidation sites excluding steroid dienone is 6. The first-order valence-corrected chi connectivity index (χ1v) is 45.7. The van der Waals surface area contributed by atoms with E-state index >= 15 is 9.59 Å². The second kappa shape index (κ2) is 37.8. The zero-order valence-electron chi connectivity index (χ0n) is 64.9. The molecule has 0 fully saturated rings. The smallest absolute Gasteiger partial charge is 0.194 e. The lowest BCUT2D eigenvalue weighted by atomic mass is 9.98. The number of carbonyl (C=O) groups excluding carboxylic acids is 2. The molecule has 3 atom stereocenters. The maximum atomic E-state index is 15.1. The summed E-state index contributed by atoms with van der Waals surface area (Å²) in [7, 11) is 0. The zero-order valence-corrected chi connectivity index (χ0v) is 71.2. The Labute approximate surface area is 680 Å². The summed E-state index contributed by atoms with van der Waals surface area (Å²) in [6.45, 7) is 20.6. The van der Waals surface area contributed by atoms with Crippen molar-refractivity contribution < 1.29 is 9.59 Å². The molecule has 0 amide bonds. The molecule has 0 saturated carbocycles. The molecule has 12 rings (SSSR count). The maximum absolute atomic E-state index is 15.1. The highest BCUT2D eigenvalue weighted by Crippen LogP contribution is 2.57. The fourth-order valence-electron chi connectivity index (χ4n) is 17.0. The number of carbonyl (C=O) groups is 2. The van der Waals surface area contributed by atoms with E-state index in [-0.39, 0.29) is 53.9 Å². The number of unbranched alkanes of at least 4 members (excludes halogenated alkanes) is 19. The molecule has 19 heteroatoms. The highest BCUT2D eigenvalue weighted by atomic mass is 35.5. The predicted octanol–water partition coefficient (Wildman–Crippen LogP) is 29.8. The van der Waals surface area contributed by atoms with E-state index in [1.54, 1.807) is 46.9 Å². The Bertz CT molecular complexity index is 5040. The van der Waals surface area contributed by atoms with Crippen molar-refractivity contribution in [3.8, 4) is 24.3 Å². The van der Waals surface area contributed by atoms with Crippen molar-refractivity contribution in [1.82, 2.24) is 24.1 Å². The molecule has 0 saturated heterocycles. The molecule has 3 aromatic carbocycles. The molecule has 0 radical (unpaired) electrons. The summed E-state index contributed by atoms with van der Waals surface area (Å²) in [5.41, 5.74) is 11.2. The van der Waals surface area contributed by atoms with Gasteiger partial charge in [-0.1, -0.05) is 262 Å². The minimum Gasteiger partial charge on any atom is -0.337 e. The first-order chi connectivity index (χ1) is 53.1. The number of benzene rings is 3. The molecule has 0 spiro atoms. The first-order valence-electron chi connectivity index (χ1n) is 40.9. The lowest BCUT2D eigenvalue weighted by molar-refractivity contribution is 0.103. The topological polar surface area (TPSA) is 170 Å². The third-order valence-electron chi connectivity index (χ3n) is 23.3. The summed E-state index contributed by atoms with van der Waals surface area (Å²) in [6.07, 6.45) is 39.5. The Kier molecular flexibility index (Phi) is 28.4. The van der Waals surface area contributed by atoms with Gasteiger partial charge in [0, 0.05) is 67.0 Å². The van der Waals surface area contributed by atoms with Crippen molar-refractivity contribution in [2.24, 2.45) is 17.8 Å². The van der Waals surface area contributed by atoms with E-state index in [4.69, 9.17) is 56.6 Å². The van der Waals surface area contributed by atoms with Crippen molar-refractivity contribution in [2.45, 2.75) is 280 Å². The van der Waals surface area contributed by atoms with E-state index in [0.29, 0.717) is 57.7 Å². The molecular formula is C90H103Cl4N9O2S4. The summed E-state index contributed by atoms with van der Waals surface area (Å²) < 4.78 is 12.5. The van der Waals surface area contributed by atoms with Crippen LogP contribution in [0.4, 0.5) is 0 Å². The number of aryl methyl sites for hydroxylation is 2. The number of nitriles is 4. The van der Waals surface area contributed by atoms with Crippen molar-refractivity contribution in [2.75, 3.05) is 0 Å². The normalized spacial score (nSPS) is 14.7. The Hall–Kier alpha value is -6.60. The molecule has 2 aliphatic rings. The van der Waals surface area contributed by atoms with Gasteiger partial charge >= 0.3 is 0 Å². The standard InChI is InChI=1S/C90H103Cl4N9O2S4/c1-9-17-22-24-26-28-30-32-34-39-59-71(45-65-73(57(47-95)48-96)61-41-67(91)69(93)43-63(61)83(65)104)106-89-81-87(108-85(59)89)75-77-78(100-103(99-77)53-56(16-8)38-21-13-5)76-80(79(75)101(81)51-54(14-6)36-19-11-3)102(52-55(15-7)37-20-12-4)82-88(76)109-86-60(40-35-33-31-29-27-25-23-18-10-2)72(107-90(82)86)46-66-74(58(49-97)50-98)62-42-68(92)70(94)44-64(62)84(66)105/h41-46,54-56H,9-40,51-53H2,1-8H3/b65-45-,66-46-. The lowest BCUT2D eigenvalue weighted by Gasteiger charge is -2.20. The average Bonchev–Trinajstić information content (AvgIpc) is 1.50. The third-order valence-corrected chi connectivity index (χ3v) is 29.9. The molecule has 2 aliphatic carbocycles. The van der Waals surface area contributed by atoms with E-state index in [1.807, 2.05) is 34.8 Å². The Morgan fingerprint density at radius 1 is 0.404 bits per heavy atom. The van der Waals surface area contributed by atoms with Crippen LogP contribution in [0.5, 0.6) is 0 Å². The van der Waals surface area contributed by atoms with Gasteiger partial charge in [-0.25, -0.2) is 0 Å². The fraction of sp³-hybridized carbons (Fsp3) is 0.511. The summed E-state index contributed by atoms with van der Waals surface area (Å²) in [5, 5.41) is 57.5. The van der Waals surface area contributed by atoms with Crippen LogP contribution < -0.4 is 0 Å². The first kappa shape index (κ1) is 81.9. The Morgan fingerprint density at radius 2 is 0.725 bits per heavy atom. The van der Waals surface area contributed by atoms with E-state index in [1.165, 1.54) is 129 Å². The number of thiophene rings is 4. The van der Waals surface area contributed by atoms with Crippen LogP contribution in [0.25, 0.3) is 95.4 Å². The molecule has 7 aromatic heterocycles. The predicted molar refractivity (Wildman–Crippen MR) is 466 cm³/mol. The molecule has 0 aliphatic heterocycles. The monoisotopic (exact) mass is 1610 g/mol. The maximum Gasteiger partial charge on any atom is 0.194 e. The largest absolute Gasteiger partial charge is 0.337 e. The van der Waals surface area contributed by atoms with Crippen molar-refractivity contribution in [3.63, 3.8) is 0 Å². The number of hydrogen-bond donors (Lipinski definition) is 0. The van der Waals surface area contributed by atoms with Crippen LogP contribution in [0, 0.1) is 63.1 Å². The van der Waals surface area contributed by atoms with E-state index in [9.17, 15) is 21.0 Å². The van der Waals surface area contributed by atoms with Gasteiger partial charge in [0.1, 0.15) is 46.5 Å². The van der Waals surface area contributed by atoms with Gasteiger partial charge < -0.3 is 9.13 Å². The molecule has 10 aromatic rings. The fourth-order valence-corrected chi connectivity index (χ4v) is 23.6. The number of aromatic nitrogens is 5. The van der Waals surface area contributed by atoms with Gasteiger partial charge in [-0.2, -0.15) is 36.0 Å². The molecule has 109 heavy (non-hydrogen) atoms. The molecule has 7 heterocycles. The number of halogens is 4. The van der Waals surface area contributed by atoms with Crippen molar-refractivity contribution in [3.05, 3.63) is 110 Å². The van der Waals surface area contributed by atoms with E-state index < -0.39 is 0 Å². The van der Waals surface area contributed by atoms with E-state index in [2.05, 4.69) is 93.6 Å². The van der Waals surface area contributed by atoms with Crippen LogP contribution in [-0.4, -0.2) is 35.7 Å². The van der Waals surface area contributed by atoms with Gasteiger partial charge in [-0.15, -0.1) is 45.3 Å². The summed E-state index contributed by atoms with van der Waals surface area (Å²) >= 11 is 34.0. The molecule has 0 bridgehead atoms. The molecular weight excluding hydrogens is 1510 g/mol. The van der Waals surface area contributed by atoms with Gasteiger partial charge in [-0.3, -0.25) is 9.59 Å². The van der Waals surface area contributed by atoms with Gasteiger partial charge in [0.15, 0.2) is 11.6 Å². The molecule has 3 unspecified atom stereocenters. The number of nitrogens with zero attached hydrogens (tertiary/aromatic N) is 9.